The molecule has 0 saturated carbocycles. The molecule has 2 aromatic rings. The molecule has 0 heterocycles. The Bertz CT molecular complexity index is 746. The predicted octanol–water partition coefficient (Wildman–Crippen LogP) is 3.53. The largest absolute Gasteiger partial charge is 0.497 e. The van der Waals surface area contributed by atoms with E-state index in [-0.39, 0.29) is 18.9 Å². The van der Waals surface area contributed by atoms with Crippen molar-refractivity contribution in [3.8, 4) is 5.75 Å². The average molecular weight is 376 g/mol. The van der Waals surface area contributed by atoms with Crippen LogP contribution in [-0.4, -0.2) is 25.1 Å². The first kappa shape index (κ1) is 19.8. The lowest BCUT2D eigenvalue weighted by molar-refractivity contribution is -0.154. The van der Waals surface area contributed by atoms with Gasteiger partial charge in [-0.3, -0.25) is 9.59 Å². The lowest BCUT2D eigenvalue weighted by Crippen LogP contribution is -2.35. The molecule has 0 unspecified atom stereocenters. The molecule has 26 heavy (non-hydrogen) atoms. The van der Waals surface area contributed by atoms with Crippen LogP contribution in [0, 0.1) is 0 Å². The van der Waals surface area contributed by atoms with E-state index in [1.807, 2.05) is 42.5 Å². The van der Waals surface area contributed by atoms with Crippen molar-refractivity contribution in [2.75, 3.05) is 7.11 Å². The Labute approximate surface area is 158 Å². The summed E-state index contributed by atoms with van der Waals surface area (Å²) in [6.07, 6.45) is -0.119. The molecule has 1 atom stereocenters. The van der Waals surface area contributed by atoms with E-state index in [9.17, 15) is 9.59 Å². The molecule has 1 N–H and O–H groups in total. The molecule has 1 amide bonds. The Morgan fingerprint density at radius 1 is 1.12 bits per heavy atom. The highest BCUT2D eigenvalue weighted by atomic mass is 35.5. The van der Waals surface area contributed by atoms with Crippen molar-refractivity contribution in [2.45, 2.75) is 32.4 Å². The van der Waals surface area contributed by atoms with E-state index in [0.717, 1.165) is 16.9 Å². The van der Waals surface area contributed by atoms with Gasteiger partial charge in [0.2, 0.25) is 0 Å². The zero-order valence-electron chi connectivity index (χ0n) is 14.8. The van der Waals surface area contributed by atoms with Crippen molar-refractivity contribution in [1.82, 2.24) is 5.32 Å². The number of methoxy groups -OCH3 is 1. The fourth-order valence-electron chi connectivity index (χ4n) is 2.32. The van der Waals surface area contributed by atoms with Crippen LogP contribution in [0.1, 0.15) is 24.5 Å². The van der Waals surface area contributed by atoms with Gasteiger partial charge in [-0.2, -0.15) is 0 Å². The number of esters is 1. The van der Waals surface area contributed by atoms with Gasteiger partial charge in [0.1, 0.15) is 5.75 Å². The highest BCUT2D eigenvalue weighted by molar-refractivity contribution is 6.31. The molecule has 0 aliphatic heterocycles. The maximum atomic E-state index is 12.1. The quantitative estimate of drug-likeness (QED) is 0.717. The highest BCUT2D eigenvalue weighted by Gasteiger charge is 2.17. The number of hydrogen-bond acceptors (Lipinski definition) is 4. The topological polar surface area (TPSA) is 64.6 Å². The molecule has 0 aromatic heterocycles. The van der Waals surface area contributed by atoms with Gasteiger partial charge in [-0.15, -0.1) is 0 Å². The first-order chi connectivity index (χ1) is 12.5. The van der Waals surface area contributed by atoms with Crippen LogP contribution >= 0.6 is 11.6 Å². The first-order valence-electron chi connectivity index (χ1n) is 8.33. The van der Waals surface area contributed by atoms with Crippen LogP contribution in [0.5, 0.6) is 5.75 Å². The van der Waals surface area contributed by atoms with Gasteiger partial charge in [0.15, 0.2) is 6.10 Å². The summed E-state index contributed by atoms with van der Waals surface area (Å²) in [7, 11) is 1.60. The number of nitrogens with one attached hydrogen (secondary N) is 1. The first-order valence-corrected chi connectivity index (χ1v) is 8.71. The fraction of sp³-hybridized carbons (Fsp3) is 0.300. The monoisotopic (exact) mass is 375 g/mol. The molecule has 0 spiro atoms. The van der Waals surface area contributed by atoms with Gasteiger partial charge in [-0.1, -0.05) is 41.9 Å². The van der Waals surface area contributed by atoms with Crippen LogP contribution in [0.3, 0.4) is 0 Å². The third kappa shape index (κ3) is 6.08. The molecular weight excluding hydrogens is 354 g/mol. The third-order valence-electron chi connectivity index (χ3n) is 3.87. The second-order valence-electron chi connectivity index (χ2n) is 5.79. The number of ether oxygens (including phenoxy) is 2. The van der Waals surface area contributed by atoms with Crippen LogP contribution in [-0.2, 0) is 27.3 Å². The Hall–Kier alpha value is -2.53. The summed E-state index contributed by atoms with van der Waals surface area (Å²) in [5, 5.41) is 3.30. The molecule has 5 nitrogen and oxygen atoms in total. The molecule has 2 rings (SSSR count). The summed E-state index contributed by atoms with van der Waals surface area (Å²) >= 11 is 6.05. The van der Waals surface area contributed by atoms with Crippen LogP contribution in [0.25, 0.3) is 0 Å². The van der Waals surface area contributed by atoms with Gasteiger partial charge in [-0.05, 0) is 42.7 Å². The number of amides is 1. The third-order valence-corrected chi connectivity index (χ3v) is 4.23. The molecule has 6 heteroatoms. The summed E-state index contributed by atoms with van der Waals surface area (Å²) in [5.41, 5.74) is 1.80. The molecule has 0 bridgehead atoms. The number of carbonyl (C=O) groups is 2. The molecule has 0 aliphatic rings. The van der Waals surface area contributed by atoms with E-state index in [1.165, 1.54) is 0 Å². The molecule has 0 saturated heterocycles. The van der Waals surface area contributed by atoms with Crippen LogP contribution < -0.4 is 10.1 Å². The minimum atomic E-state index is -0.860. The predicted molar refractivity (Wildman–Crippen MR) is 100 cm³/mol. The van der Waals surface area contributed by atoms with Gasteiger partial charge < -0.3 is 14.8 Å². The van der Waals surface area contributed by atoms with E-state index in [0.29, 0.717) is 11.4 Å². The summed E-state index contributed by atoms with van der Waals surface area (Å²) in [6, 6.07) is 14.7. The van der Waals surface area contributed by atoms with E-state index in [2.05, 4.69) is 5.32 Å². The lowest BCUT2D eigenvalue weighted by Gasteiger charge is -2.14. The second kappa shape index (κ2) is 9.82. The molecular formula is C20H22ClNO4. The highest BCUT2D eigenvalue weighted by Crippen LogP contribution is 2.15. The fourth-order valence-corrected chi connectivity index (χ4v) is 2.52. The summed E-state index contributed by atoms with van der Waals surface area (Å²) in [5.74, 6) is -0.0101. The van der Waals surface area contributed by atoms with Crippen LogP contribution in [0.4, 0.5) is 0 Å². The van der Waals surface area contributed by atoms with E-state index in [1.54, 1.807) is 20.1 Å². The second-order valence-corrected chi connectivity index (χ2v) is 6.20. The molecule has 0 radical (unpaired) electrons. The number of aryl methyl sites for hydroxylation is 1. The van der Waals surface area contributed by atoms with Gasteiger partial charge in [-0.25, -0.2) is 0 Å². The van der Waals surface area contributed by atoms with Crippen LogP contribution in [0.15, 0.2) is 48.5 Å². The maximum absolute atomic E-state index is 12.1. The van der Waals surface area contributed by atoms with E-state index >= 15 is 0 Å². The zero-order valence-corrected chi connectivity index (χ0v) is 15.6. The van der Waals surface area contributed by atoms with Crippen molar-refractivity contribution in [3.63, 3.8) is 0 Å². The Morgan fingerprint density at radius 3 is 2.46 bits per heavy atom. The normalized spacial score (nSPS) is 11.5. The number of carbonyl (C=O) groups excluding carboxylic acids is 2. The van der Waals surface area contributed by atoms with Gasteiger partial charge in [0, 0.05) is 18.0 Å². The molecule has 0 aliphatic carbocycles. The van der Waals surface area contributed by atoms with Crippen molar-refractivity contribution in [1.29, 1.82) is 0 Å². The number of hydrogen-bond donors (Lipinski definition) is 1. The SMILES string of the molecule is COc1ccc(CCC(=O)O[C@H](C)C(=O)NCc2ccccc2Cl)cc1. The Morgan fingerprint density at radius 2 is 1.81 bits per heavy atom. The van der Waals surface area contributed by atoms with Crippen molar-refractivity contribution >= 4 is 23.5 Å². The maximum Gasteiger partial charge on any atom is 0.306 e. The van der Waals surface area contributed by atoms with Crippen molar-refractivity contribution in [2.24, 2.45) is 0 Å². The van der Waals surface area contributed by atoms with Gasteiger partial charge >= 0.3 is 5.97 Å². The standard InChI is InChI=1S/C20H22ClNO4/c1-14(20(24)22-13-16-5-3-4-6-18(16)21)26-19(23)12-9-15-7-10-17(25-2)11-8-15/h3-8,10-11,14H,9,12-13H2,1-2H3,(H,22,24)/t14-/m1/s1. The minimum absolute atomic E-state index is 0.203. The minimum Gasteiger partial charge on any atom is -0.497 e. The van der Waals surface area contributed by atoms with Crippen LogP contribution in [0.2, 0.25) is 5.02 Å². The Kier molecular flexibility index (Phi) is 7.48. The zero-order chi connectivity index (χ0) is 18.9. The number of halogens is 1. The smallest absolute Gasteiger partial charge is 0.306 e. The number of rotatable bonds is 8. The lowest BCUT2D eigenvalue weighted by atomic mass is 10.1. The number of benzene rings is 2. The molecule has 138 valence electrons. The van der Waals surface area contributed by atoms with Gasteiger partial charge in [0.05, 0.1) is 7.11 Å². The van der Waals surface area contributed by atoms with Gasteiger partial charge in [0.25, 0.3) is 5.91 Å². The van der Waals surface area contributed by atoms with Crippen molar-refractivity contribution in [3.05, 3.63) is 64.7 Å². The van der Waals surface area contributed by atoms with Crippen molar-refractivity contribution < 1.29 is 19.1 Å². The van der Waals surface area contributed by atoms with E-state index in [4.69, 9.17) is 21.1 Å². The average Bonchev–Trinajstić information content (AvgIpc) is 2.65. The molecule has 2 aromatic carbocycles. The molecule has 0 fully saturated rings. The summed E-state index contributed by atoms with van der Waals surface area (Å²) < 4.78 is 10.3. The Balaban J connectivity index is 1.74. The summed E-state index contributed by atoms with van der Waals surface area (Å²) in [6.45, 7) is 1.83. The van der Waals surface area contributed by atoms with E-state index < -0.39 is 12.1 Å². The summed E-state index contributed by atoms with van der Waals surface area (Å²) in [4.78, 5) is 24.0.